The topological polar surface area (TPSA) is 4.93 Å². The number of para-hydroxylation sites is 1. The monoisotopic (exact) mass is 219 g/mol. The second kappa shape index (κ2) is 4.75. The molecule has 0 saturated heterocycles. The zero-order valence-electron chi connectivity index (χ0n) is 9.11. The van der Waals surface area contributed by atoms with Crippen molar-refractivity contribution in [3.63, 3.8) is 0 Å². The molecule has 2 heteroatoms. The van der Waals surface area contributed by atoms with E-state index in [0.717, 1.165) is 11.4 Å². The SMILES string of the molecule is CCCCCn1cc(S)c2ccccc21. The van der Waals surface area contributed by atoms with Gasteiger partial charge >= 0.3 is 0 Å². The molecule has 80 valence electrons. The molecule has 0 saturated carbocycles. The number of benzene rings is 1. The van der Waals surface area contributed by atoms with Gasteiger partial charge in [0.25, 0.3) is 0 Å². The van der Waals surface area contributed by atoms with Crippen LogP contribution in [0.1, 0.15) is 26.2 Å². The van der Waals surface area contributed by atoms with Crippen LogP contribution in [0.3, 0.4) is 0 Å². The number of rotatable bonds is 4. The Morgan fingerprint density at radius 1 is 1.20 bits per heavy atom. The Bertz CT molecular complexity index is 445. The normalized spacial score (nSPS) is 11.1. The fourth-order valence-corrected chi connectivity index (χ4v) is 2.27. The molecular formula is C13H17NS. The van der Waals surface area contributed by atoms with Crippen LogP contribution in [0.5, 0.6) is 0 Å². The van der Waals surface area contributed by atoms with E-state index < -0.39 is 0 Å². The van der Waals surface area contributed by atoms with Gasteiger partial charge in [-0.1, -0.05) is 38.0 Å². The van der Waals surface area contributed by atoms with Crippen molar-refractivity contribution in [2.75, 3.05) is 0 Å². The number of thiol groups is 1. The van der Waals surface area contributed by atoms with Gasteiger partial charge in [-0.2, -0.15) is 0 Å². The average Bonchev–Trinajstić information content (AvgIpc) is 2.58. The van der Waals surface area contributed by atoms with Gasteiger partial charge in [-0.3, -0.25) is 0 Å². The summed E-state index contributed by atoms with van der Waals surface area (Å²) in [4.78, 5) is 1.09. The van der Waals surface area contributed by atoms with E-state index in [-0.39, 0.29) is 0 Å². The predicted octanol–water partition coefficient (Wildman–Crippen LogP) is 4.12. The maximum absolute atomic E-state index is 4.50. The number of fused-ring (bicyclic) bond motifs is 1. The molecule has 1 nitrogen and oxygen atoms in total. The number of aryl methyl sites for hydroxylation is 1. The van der Waals surface area contributed by atoms with Gasteiger partial charge in [0.15, 0.2) is 0 Å². The molecule has 2 rings (SSSR count). The third-order valence-electron chi connectivity index (χ3n) is 2.77. The Labute approximate surface area is 96.5 Å². The second-order valence-electron chi connectivity index (χ2n) is 3.93. The molecule has 0 fully saturated rings. The number of hydrogen-bond acceptors (Lipinski definition) is 1. The van der Waals surface area contributed by atoms with Gasteiger partial charge in [-0.05, 0) is 12.5 Å². The molecule has 15 heavy (non-hydrogen) atoms. The van der Waals surface area contributed by atoms with Crippen molar-refractivity contribution in [2.24, 2.45) is 0 Å². The lowest BCUT2D eigenvalue weighted by molar-refractivity contribution is 0.614. The number of hydrogen-bond donors (Lipinski definition) is 1. The molecule has 2 aromatic rings. The van der Waals surface area contributed by atoms with Crippen LogP contribution in [0.2, 0.25) is 0 Å². The van der Waals surface area contributed by atoms with Crippen LogP contribution < -0.4 is 0 Å². The third kappa shape index (κ3) is 2.20. The molecule has 0 spiro atoms. The first-order chi connectivity index (χ1) is 7.33. The third-order valence-corrected chi connectivity index (χ3v) is 3.13. The van der Waals surface area contributed by atoms with E-state index in [9.17, 15) is 0 Å². The molecule has 1 heterocycles. The molecule has 0 aliphatic rings. The van der Waals surface area contributed by atoms with Crippen LogP contribution in [-0.2, 0) is 6.54 Å². The summed E-state index contributed by atoms with van der Waals surface area (Å²) in [6.07, 6.45) is 5.97. The molecule has 1 aromatic carbocycles. The molecular weight excluding hydrogens is 202 g/mol. The Hall–Kier alpha value is -0.890. The summed E-state index contributed by atoms with van der Waals surface area (Å²) in [6, 6.07) is 8.46. The van der Waals surface area contributed by atoms with Crippen molar-refractivity contribution in [1.29, 1.82) is 0 Å². The van der Waals surface area contributed by atoms with Gasteiger partial charge in [0.05, 0.1) is 0 Å². The zero-order valence-corrected chi connectivity index (χ0v) is 10.0. The molecule has 0 unspecified atom stereocenters. The predicted molar refractivity (Wildman–Crippen MR) is 68.7 cm³/mol. The highest BCUT2D eigenvalue weighted by Gasteiger charge is 2.03. The van der Waals surface area contributed by atoms with Crippen molar-refractivity contribution in [2.45, 2.75) is 37.6 Å². The Morgan fingerprint density at radius 2 is 2.00 bits per heavy atom. The van der Waals surface area contributed by atoms with Gasteiger partial charge in [0.1, 0.15) is 0 Å². The van der Waals surface area contributed by atoms with Gasteiger partial charge in [-0.15, -0.1) is 12.6 Å². The molecule has 0 N–H and O–H groups in total. The largest absolute Gasteiger partial charge is 0.346 e. The molecule has 0 aliphatic carbocycles. The Morgan fingerprint density at radius 3 is 2.80 bits per heavy atom. The molecule has 0 bridgehead atoms. The Kier molecular flexibility index (Phi) is 3.37. The van der Waals surface area contributed by atoms with Crippen molar-refractivity contribution in [3.05, 3.63) is 30.5 Å². The van der Waals surface area contributed by atoms with Gasteiger partial charge in [0.2, 0.25) is 0 Å². The van der Waals surface area contributed by atoms with Crippen LogP contribution in [-0.4, -0.2) is 4.57 Å². The van der Waals surface area contributed by atoms with E-state index in [0.29, 0.717) is 0 Å². The Balaban J connectivity index is 2.27. The minimum atomic E-state index is 1.09. The van der Waals surface area contributed by atoms with Crippen LogP contribution in [0, 0.1) is 0 Å². The fourth-order valence-electron chi connectivity index (χ4n) is 1.94. The first-order valence-corrected chi connectivity index (χ1v) is 6.04. The van der Waals surface area contributed by atoms with E-state index >= 15 is 0 Å². The summed E-state index contributed by atoms with van der Waals surface area (Å²) in [7, 11) is 0. The molecule has 0 aliphatic heterocycles. The molecule has 0 atom stereocenters. The average molecular weight is 219 g/mol. The van der Waals surface area contributed by atoms with Gasteiger partial charge in [-0.25, -0.2) is 0 Å². The van der Waals surface area contributed by atoms with E-state index in [1.807, 2.05) is 0 Å². The molecule has 0 amide bonds. The lowest BCUT2D eigenvalue weighted by Crippen LogP contribution is -1.95. The smallest absolute Gasteiger partial charge is 0.0491 e. The van der Waals surface area contributed by atoms with Crippen LogP contribution >= 0.6 is 12.6 Å². The van der Waals surface area contributed by atoms with E-state index in [4.69, 9.17) is 0 Å². The summed E-state index contributed by atoms with van der Waals surface area (Å²) in [5.74, 6) is 0. The van der Waals surface area contributed by atoms with E-state index in [2.05, 4.69) is 54.6 Å². The quantitative estimate of drug-likeness (QED) is 0.583. The minimum Gasteiger partial charge on any atom is -0.346 e. The first kappa shape index (κ1) is 10.6. The first-order valence-electron chi connectivity index (χ1n) is 5.59. The van der Waals surface area contributed by atoms with Crippen LogP contribution in [0.25, 0.3) is 10.9 Å². The highest BCUT2D eigenvalue weighted by Crippen LogP contribution is 2.24. The van der Waals surface area contributed by atoms with E-state index in [1.165, 1.54) is 30.2 Å². The number of nitrogens with zero attached hydrogens (tertiary/aromatic N) is 1. The maximum atomic E-state index is 4.50. The van der Waals surface area contributed by atoms with Crippen molar-refractivity contribution in [3.8, 4) is 0 Å². The number of unbranched alkanes of at least 4 members (excludes halogenated alkanes) is 2. The highest BCUT2D eigenvalue weighted by atomic mass is 32.1. The lowest BCUT2D eigenvalue weighted by atomic mass is 10.2. The zero-order chi connectivity index (χ0) is 10.7. The summed E-state index contributed by atoms with van der Waals surface area (Å²) in [6.45, 7) is 3.34. The summed E-state index contributed by atoms with van der Waals surface area (Å²) in [5, 5.41) is 1.26. The van der Waals surface area contributed by atoms with Crippen molar-refractivity contribution in [1.82, 2.24) is 4.57 Å². The van der Waals surface area contributed by atoms with Crippen LogP contribution in [0.15, 0.2) is 35.4 Å². The standard InChI is InChI=1S/C13H17NS/c1-2-3-6-9-14-10-13(15)11-7-4-5-8-12(11)14/h4-5,7-8,10,15H,2-3,6,9H2,1H3. The second-order valence-corrected chi connectivity index (χ2v) is 4.41. The maximum Gasteiger partial charge on any atom is 0.0491 e. The van der Waals surface area contributed by atoms with Gasteiger partial charge < -0.3 is 4.57 Å². The fraction of sp³-hybridized carbons (Fsp3) is 0.385. The van der Waals surface area contributed by atoms with Crippen LogP contribution in [0.4, 0.5) is 0 Å². The van der Waals surface area contributed by atoms with Crippen molar-refractivity contribution >= 4 is 23.5 Å². The molecule has 0 radical (unpaired) electrons. The lowest BCUT2D eigenvalue weighted by Gasteiger charge is -2.03. The van der Waals surface area contributed by atoms with E-state index in [1.54, 1.807) is 0 Å². The number of aromatic nitrogens is 1. The van der Waals surface area contributed by atoms with Gasteiger partial charge in [0, 0.05) is 28.5 Å². The summed E-state index contributed by atoms with van der Waals surface area (Å²) < 4.78 is 2.31. The highest BCUT2D eigenvalue weighted by molar-refractivity contribution is 7.80. The minimum absolute atomic E-state index is 1.09. The van der Waals surface area contributed by atoms with Crippen molar-refractivity contribution < 1.29 is 0 Å². The molecule has 1 aromatic heterocycles. The summed E-state index contributed by atoms with van der Waals surface area (Å²) in [5.41, 5.74) is 1.30. The summed E-state index contributed by atoms with van der Waals surface area (Å²) >= 11 is 4.50.